The monoisotopic (exact) mass is 588 g/mol. The van der Waals surface area contributed by atoms with Crippen molar-refractivity contribution in [2.75, 3.05) is 26.0 Å². The summed E-state index contributed by atoms with van der Waals surface area (Å²) in [5.74, 6) is -12.2. The van der Waals surface area contributed by atoms with Crippen molar-refractivity contribution in [3.63, 3.8) is 0 Å². The van der Waals surface area contributed by atoms with Crippen LogP contribution in [0.3, 0.4) is 0 Å². The number of nitrogens with zero attached hydrogens (tertiary/aromatic N) is 1. The van der Waals surface area contributed by atoms with Crippen molar-refractivity contribution in [2.24, 2.45) is 17.6 Å². The summed E-state index contributed by atoms with van der Waals surface area (Å²) in [6.45, 7) is 2.46. The number of amides is 2. The summed E-state index contributed by atoms with van der Waals surface area (Å²) in [4.78, 5) is 63.9. The maximum absolute atomic E-state index is 14.0. The zero-order chi connectivity index (χ0) is 31.6. The lowest BCUT2D eigenvalue weighted by molar-refractivity contribution is -0.169. The number of nitrogens with two attached hydrogens (primary N) is 1. The highest BCUT2D eigenvalue weighted by atomic mass is 16.4. The van der Waals surface area contributed by atoms with Gasteiger partial charge in [-0.1, -0.05) is 13.0 Å². The molecule has 6 unspecified atom stereocenters. The fourth-order valence-electron chi connectivity index (χ4n) is 6.24. The molecule has 15 heteroatoms. The fraction of sp³-hybridized carbons (Fsp3) is 0.444. The highest BCUT2D eigenvalue weighted by Gasteiger charge is 2.68. The Kier molecular flexibility index (Phi) is 7.67. The number of Topliss-reactive ketones (excluding diaryl/α,β-unsaturated/α-hetero) is 2. The van der Waals surface area contributed by atoms with Crippen LogP contribution in [0.1, 0.15) is 30.9 Å². The number of aromatic hydroxyl groups is 1. The van der Waals surface area contributed by atoms with Gasteiger partial charge >= 0.3 is 5.97 Å². The van der Waals surface area contributed by atoms with Crippen LogP contribution in [0.25, 0.3) is 5.76 Å². The number of carboxylic acids is 1. The number of hydrogen-bond acceptors (Lipinski definition) is 12. The molecule has 0 radical (unpaired) electrons. The third-order valence-electron chi connectivity index (χ3n) is 8.34. The van der Waals surface area contributed by atoms with Crippen molar-refractivity contribution in [3.8, 4) is 5.75 Å². The van der Waals surface area contributed by atoms with Gasteiger partial charge in [-0.3, -0.25) is 34.2 Å². The number of carbonyl (C=O) groups excluding carboxylic acids is 4. The van der Waals surface area contributed by atoms with Crippen molar-refractivity contribution in [2.45, 2.75) is 43.6 Å². The second-order valence-electron chi connectivity index (χ2n) is 11.0. The molecule has 226 valence electrons. The Hall–Kier alpha value is -4.31. The van der Waals surface area contributed by atoms with E-state index in [1.807, 2.05) is 0 Å². The van der Waals surface area contributed by atoms with Crippen LogP contribution in [0.4, 0.5) is 5.69 Å². The molecule has 10 N–H and O–H groups in total. The molecule has 2 amide bonds. The van der Waals surface area contributed by atoms with Gasteiger partial charge in [0.05, 0.1) is 35.9 Å². The number of aliphatic carboxylic acids is 1. The van der Waals surface area contributed by atoms with Gasteiger partial charge in [0.15, 0.2) is 11.4 Å². The van der Waals surface area contributed by atoms with Crippen LogP contribution in [0.15, 0.2) is 29.0 Å². The highest BCUT2D eigenvalue weighted by molar-refractivity contribution is 6.24. The zero-order valence-electron chi connectivity index (χ0n) is 23.1. The van der Waals surface area contributed by atoms with E-state index >= 15 is 0 Å². The van der Waals surface area contributed by atoms with Gasteiger partial charge in [-0.05, 0) is 38.6 Å². The van der Waals surface area contributed by atoms with Crippen LogP contribution in [0.5, 0.6) is 5.75 Å². The SMILES string of the molecule is CC1c2ccc(NC(=O)CN[C@@H](C)C(=O)O)c(O)c2C(O)=C2C(=O)C3(O)C(O)=C(C(N)=O)C(=O)C(N(C)C)C3C(O)C21. The van der Waals surface area contributed by atoms with Gasteiger partial charge in [0.2, 0.25) is 11.7 Å². The minimum absolute atomic E-state index is 0.198. The number of anilines is 1. The fourth-order valence-corrected chi connectivity index (χ4v) is 6.24. The lowest BCUT2D eigenvalue weighted by Crippen LogP contribution is -2.70. The number of phenols is 1. The number of likely N-dealkylation sites (N-methyl/N-ethyl adjacent to an activating group) is 1. The van der Waals surface area contributed by atoms with Crippen LogP contribution in [0.2, 0.25) is 0 Å². The maximum Gasteiger partial charge on any atom is 0.320 e. The highest BCUT2D eigenvalue weighted by Crippen LogP contribution is 2.56. The molecule has 7 atom stereocenters. The topological polar surface area (TPSA) is 260 Å². The van der Waals surface area contributed by atoms with Gasteiger partial charge in [0.1, 0.15) is 28.9 Å². The summed E-state index contributed by atoms with van der Waals surface area (Å²) in [6, 6.07) is 0.245. The molecule has 0 saturated heterocycles. The molecular formula is C27H32N4O11. The predicted molar refractivity (Wildman–Crippen MR) is 144 cm³/mol. The number of hydrogen-bond donors (Lipinski definition) is 9. The Labute approximate surface area is 238 Å². The average molecular weight is 589 g/mol. The Morgan fingerprint density at radius 2 is 1.76 bits per heavy atom. The molecule has 0 bridgehead atoms. The van der Waals surface area contributed by atoms with E-state index in [9.17, 15) is 49.5 Å². The number of carbonyl (C=O) groups is 5. The Balaban J connectivity index is 1.85. The third kappa shape index (κ3) is 4.32. The summed E-state index contributed by atoms with van der Waals surface area (Å²) in [6.07, 6.45) is -1.73. The molecular weight excluding hydrogens is 556 g/mol. The quantitative estimate of drug-likeness (QED) is 0.130. The number of carboxylic acid groups (broad SMARTS) is 1. The van der Waals surface area contributed by atoms with E-state index in [0.717, 1.165) is 0 Å². The summed E-state index contributed by atoms with van der Waals surface area (Å²) in [5.41, 5.74) is 0.432. The second-order valence-corrected chi connectivity index (χ2v) is 11.0. The molecule has 0 heterocycles. The maximum atomic E-state index is 14.0. The van der Waals surface area contributed by atoms with Gasteiger partial charge in [0, 0.05) is 11.5 Å². The van der Waals surface area contributed by atoms with E-state index in [0.29, 0.717) is 0 Å². The molecule has 0 spiro atoms. The summed E-state index contributed by atoms with van der Waals surface area (Å²) >= 11 is 0. The first-order chi connectivity index (χ1) is 19.5. The number of rotatable bonds is 7. The molecule has 0 aromatic heterocycles. The van der Waals surface area contributed by atoms with Crippen LogP contribution >= 0.6 is 0 Å². The van der Waals surface area contributed by atoms with Crippen molar-refractivity contribution in [1.82, 2.24) is 10.2 Å². The normalized spacial score (nSPS) is 29.5. The van der Waals surface area contributed by atoms with Gasteiger partial charge in [-0.25, -0.2) is 0 Å². The average Bonchev–Trinajstić information content (AvgIpc) is 2.90. The number of primary amides is 1. The van der Waals surface area contributed by atoms with E-state index in [1.165, 1.54) is 38.1 Å². The third-order valence-corrected chi connectivity index (χ3v) is 8.34. The van der Waals surface area contributed by atoms with E-state index in [4.69, 9.17) is 10.8 Å². The minimum Gasteiger partial charge on any atom is -0.508 e. The number of nitrogens with one attached hydrogen (secondary N) is 2. The smallest absolute Gasteiger partial charge is 0.320 e. The number of ketones is 2. The number of aliphatic hydroxyl groups excluding tert-OH is 3. The van der Waals surface area contributed by atoms with Crippen molar-refractivity contribution in [1.29, 1.82) is 0 Å². The zero-order valence-corrected chi connectivity index (χ0v) is 23.1. The van der Waals surface area contributed by atoms with Crippen LogP contribution in [-0.2, 0) is 24.0 Å². The molecule has 42 heavy (non-hydrogen) atoms. The van der Waals surface area contributed by atoms with E-state index < -0.39 is 106 Å². The molecule has 1 fully saturated rings. The first-order valence-corrected chi connectivity index (χ1v) is 12.9. The van der Waals surface area contributed by atoms with Gasteiger partial charge in [-0.15, -0.1) is 0 Å². The van der Waals surface area contributed by atoms with Gasteiger partial charge < -0.3 is 41.7 Å². The van der Waals surface area contributed by atoms with Crippen LogP contribution in [-0.4, -0.2) is 109 Å². The van der Waals surface area contributed by atoms with E-state index in [2.05, 4.69) is 10.6 Å². The Bertz CT molecular complexity index is 1480. The molecule has 3 aliphatic rings. The number of benzene rings is 1. The second kappa shape index (κ2) is 10.5. The van der Waals surface area contributed by atoms with Crippen molar-refractivity contribution in [3.05, 3.63) is 40.2 Å². The molecule has 3 aliphatic carbocycles. The van der Waals surface area contributed by atoms with Gasteiger partial charge in [-0.2, -0.15) is 0 Å². The molecule has 1 saturated carbocycles. The number of phenolic OH excluding ortho intramolecular Hbond substituents is 1. The summed E-state index contributed by atoms with van der Waals surface area (Å²) in [5, 5.41) is 70.5. The van der Waals surface area contributed by atoms with Gasteiger partial charge in [0.25, 0.3) is 5.91 Å². The van der Waals surface area contributed by atoms with Crippen molar-refractivity contribution >= 4 is 40.8 Å². The summed E-state index contributed by atoms with van der Waals surface area (Å²) < 4.78 is 0. The van der Waals surface area contributed by atoms with Crippen molar-refractivity contribution < 1.29 is 54.6 Å². The predicted octanol–water partition coefficient (Wildman–Crippen LogP) is -1.50. The minimum atomic E-state index is -3.04. The molecule has 1 aromatic carbocycles. The Morgan fingerprint density at radius 1 is 1.14 bits per heavy atom. The van der Waals surface area contributed by atoms with Crippen LogP contribution < -0.4 is 16.4 Å². The first kappa shape index (κ1) is 30.6. The first-order valence-electron chi connectivity index (χ1n) is 12.9. The molecule has 15 nitrogen and oxygen atoms in total. The number of aliphatic hydroxyl groups is 4. The van der Waals surface area contributed by atoms with Crippen LogP contribution in [0, 0.1) is 11.8 Å². The Morgan fingerprint density at radius 3 is 2.31 bits per heavy atom. The summed E-state index contributed by atoms with van der Waals surface area (Å²) in [7, 11) is 2.82. The molecule has 1 aromatic rings. The lowest BCUT2D eigenvalue weighted by atomic mass is 9.54. The number of fused-ring (bicyclic) bond motifs is 3. The van der Waals surface area contributed by atoms with E-state index in [1.54, 1.807) is 6.92 Å². The molecule has 0 aliphatic heterocycles. The molecule has 4 rings (SSSR count). The standard InChI is InChI=1S/C27H32N4O11/c1-8-10-5-6-11(30-12(32)7-29-9(2)26(40)41)19(33)14(10)20(34)15-13(8)21(35)17-18(31(3)4)22(36)16(25(28)39)24(38)27(17,42)23(15)37/h5-6,8-9,13,17-18,21,29,33-35,38,42H,7H2,1-4H3,(H2,28,39)(H,30,32)(H,40,41)/t8?,9-,13?,17?,18?,21?,27?/m0/s1. The lowest BCUT2D eigenvalue weighted by Gasteiger charge is -2.53. The largest absolute Gasteiger partial charge is 0.508 e. The van der Waals surface area contributed by atoms with E-state index in [-0.39, 0.29) is 16.8 Å².